The van der Waals surface area contributed by atoms with Gasteiger partial charge in [-0.2, -0.15) is 0 Å². The zero-order valence-corrected chi connectivity index (χ0v) is 15.1. The highest BCUT2D eigenvalue weighted by molar-refractivity contribution is 6.30. The van der Waals surface area contributed by atoms with E-state index in [0.717, 1.165) is 0 Å². The predicted octanol–water partition coefficient (Wildman–Crippen LogP) is 5.23. The Morgan fingerprint density at radius 2 is 1.75 bits per heavy atom. The lowest BCUT2D eigenvalue weighted by Gasteiger charge is -2.07. The van der Waals surface area contributed by atoms with Crippen molar-refractivity contribution >= 4 is 29.5 Å². The Hall–Kier alpha value is -3.71. The summed E-state index contributed by atoms with van der Waals surface area (Å²) in [5, 5.41) is 15.5. The summed E-state index contributed by atoms with van der Waals surface area (Å²) in [4.78, 5) is 27.4. The minimum atomic E-state index is -0.631. The fourth-order valence-corrected chi connectivity index (χ4v) is 2.36. The van der Waals surface area contributed by atoms with Crippen molar-refractivity contribution in [2.45, 2.75) is 0 Å². The van der Waals surface area contributed by atoms with Gasteiger partial charge in [-0.1, -0.05) is 35.0 Å². The molecule has 3 rings (SSSR count). The topological polar surface area (TPSA) is 91.0 Å². The Morgan fingerprint density at radius 3 is 2.43 bits per heavy atom. The van der Waals surface area contributed by atoms with Crippen LogP contribution in [0.5, 0.6) is 11.5 Å². The van der Waals surface area contributed by atoms with Gasteiger partial charge in [0.25, 0.3) is 0 Å². The molecule has 28 heavy (non-hydrogen) atoms. The van der Waals surface area contributed by atoms with Crippen LogP contribution in [-0.2, 0) is 4.84 Å². The number of nitro groups is 1. The van der Waals surface area contributed by atoms with E-state index in [1.54, 1.807) is 60.7 Å². The van der Waals surface area contributed by atoms with Crippen LogP contribution in [0.1, 0.15) is 15.9 Å². The number of hydrogen-bond acceptors (Lipinski definition) is 6. The Morgan fingerprint density at radius 1 is 1.04 bits per heavy atom. The second kappa shape index (κ2) is 8.79. The second-order valence-electron chi connectivity index (χ2n) is 5.52. The van der Waals surface area contributed by atoms with Crippen molar-refractivity contribution in [1.29, 1.82) is 0 Å². The molecular formula is C20H13ClN2O5. The average Bonchev–Trinajstić information content (AvgIpc) is 2.71. The van der Waals surface area contributed by atoms with Crippen LogP contribution in [0, 0.1) is 10.1 Å². The van der Waals surface area contributed by atoms with Gasteiger partial charge in [0.15, 0.2) is 0 Å². The average molecular weight is 397 g/mol. The van der Waals surface area contributed by atoms with Gasteiger partial charge in [-0.25, -0.2) is 4.79 Å². The van der Waals surface area contributed by atoms with E-state index in [-0.39, 0.29) is 11.4 Å². The molecule has 0 fully saturated rings. The minimum absolute atomic E-state index is 0.0609. The summed E-state index contributed by atoms with van der Waals surface area (Å²) >= 11 is 5.81. The monoisotopic (exact) mass is 396 g/mol. The maximum atomic E-state index is 11.8. The Balaban J connectivity index is 1.74. The summed E-state index contributed by atoms with van der Waals surface area (Å²) in [5.41, 5.74) is 0.460. The lowest BCUT2D eigenvalue weighted by atomic mass is 10.2. The van der Waals surface area contributed by atoms with E-state index in [9.17, 15) is 14.9 Å². The summed E-state index contributed by atoms with van der Waals surface area (Å²) in [6.45, 7) is 0. The van der Waals surface area contributed by atoms with Gasteiger partial charge >= 0.3 is 11.7 Å². The first-order valence-electron chi connectivity index (χ1n) is 8.04. The van der Waals surface area contributed by atoms with Crippen molar-refractivity contribution in [3.05, 3.63) is 99.1 Å². The Bertz CT molecular complexity index is 1020. The van der Waals surface area contributed by atoms with Crippen molar-refractivity contribution in [1.82, 2.24) is 0 Å². The molecule has 0 heterocycles. The second-order valence-corrected chi connectivity index (χ2v) is 5.96. The van der Waals surface area contributed by atoms with Gasteiger partial charge in [0.2, 0.25) is 5.75 Å². The molecule has 0 aliphatic heterocycles. The largest absolute Gasteiger partial charge is 0.450 e. The van der Waals surface area contributed by atoms with Crippen LogP contribution in [0.3, 0.4) is 0 Å². The molecule has 0 unspecified atom stereocenters. The third kappa shape index (κ3) is 4.93. The molecule has 0 saturated carbocycles. The van der Waals surface area contributed by atoms with Crippen molar-refractivity contribution in [2.24, 2.45) is 5.16 Å². The van der Waals surface area contributed by atoms with Gasteiger partial charge in [-0.05, 0) is 48.5 Å². The third-order valence-corrected chi connectivity index (χ3v) is 3.82. The van der Waals surface area contributed by atoms with E-state index in [2.05, 4.69) is 5.16 Å². The number of nitrogens with zero attached hydrogens (tertiary/aromatic N) is 2. The zero-order chi connectivity index (χ0) is 19.9. The van der Waals surface area contributed by atoms with Crippen LogP contribution < -0.4 is 4.74 Å². The minimum Gasteiger partial charge on any atom is -0.450 e. The summed E-state index contributed by atoms with van der Waals surface area (Å²) in [6.07, 6.45) is 1.21. The summed E-state index contributed by atoms with van der Waals surface area (Å²) in [5.74, 6) is -0.162. The Labute approximate surface area is 164 Å². The summed E-state index contributed by atoms with van der Waals surface area (Å²) in [6, 6.07) is 19.0. The van der Waals surface area contributed by atoms with Crippen LogP contribution in [0.15, 0.2) is 78.0 Å². The molecule has 8 heteroatoms. The molecule has 0 N–H and O–H groups in total. The fourth-order valence-electron chi connectivity index (χ4n) is 2.24. The van der Waals surface area contributed by atoms with E-state index < -0.39 is 10.9 Å². The van der Waals surface area contributed by atoms with Crippen molar-refractivity contribution in [3.63, 3.8) is 0 Å². The maximum Gasteiger partial charge on any atom is 0.365 e. The Kier molecular flexibility index (Phi) is 5.98. The summed E-state index contributed by atoms with van der Waals surface area (Å²) in [7, 11) is 0. The SMILES string of the molecule is O=C(ON=Cc1ccc(Oc2ccc(Cl)cc2)c([N+](=O)[O-])c1)c1ccccc1. The number of oxime groups is 1. The number of benzene rings is 3. The molecule has 0 radical (unpaired) electrons. The smallest absolute Gasteiger partial charge is 0.365 e. The molecule has 0 saturated heterocycles. The van der Waals surface area contributed by atoms with E-state index in [0.29, 0.717) is 21.9 Å². The normalized spacial score (nSPS) is 10.6. The number of rotatable bonds is 6. The van der Waals surface area contributed by atoms with Gasteiger partial charge < -0.3 is 9.57 Å². The van der Waals surface area contributed by atoms with E-state index in [1.165, 1.54) is 18.3 Å². The number of carbonyl (C=O) groups excluding carboxylic acids is 1. The van der Waals surface area contributed by atoms with Crippen molar-refractivity contribution in [3.8, 4) is 11.5 Å². The molecule has 0 aliphatic rings. The molecule has 140 valence electrons. The van der Waals surface area contributed by atoms with Gasteiger partial charge in [0.05, 0.1) is 16.7 Å². The summed E-state index contributed by atoms with van der Waals surface area (Å²) < 4.78 is 5.55. The molecule has 0 amide bonds. The zero-order valence-electron chi connectivity index (χ0n) is 14.3. The number of carbonyl (C=O) groups is 1. The molecule has 7 nitrogen and oxygen atoms in total. The third-order valence-electron chi connectivity index (χ3n) is 3.57. The molecule has 0 aromatic heterocycles. The van der Waals surface area contributed by atoms with Crippen LogP contribution in [0.25, 0.3) is 0 Å². The highest BCUT2D eigenvalue weighted by Gasteiger charge is 2.16. The highest BCUT2D eigenvalue weighted by Crippen LogP contribution is 2.32. The number of hydrogen-bond donors (Lipinski definition) is 0. The first kappa shape index (κ1) is 19.1. The molecule has 3 aromatic rings. The highest BCUT2D eigenvalue weighted by atomic mass is 35.5. The van der Waals surface area contributed by atoms with E-state index in [1.807, 2.05) is 0 Å². The standard InChI is InChI=1S/C20H13ClN2O5/c21-16-7-9-17(10-8-16)27-19-11-6-14(12-18(19)23(25)26)13-22-28-20(24)15-4-2-1-3-5-15/h1-13H. The van der Waals surface area contributed by atoms with Gasteiger partial charge in [0, 0.05) is 16.7 Å². The molecular weight excluding hydrogens is 384 g/mol. The number of ether oxygens (including phenoxy) is 1. The van der Waals surface area contributed by atoms with Gasteiger partial charge in [0.1, 0.15) is 5.75 Å². The van der Waals surface area contributed by atoms with Crippen LogP contribution in [-0.4, -0.2) is 17.1 Å². The molecule has 0 atom stereocenters. The number of halogens is 1. The predicted molar refractivity (Wildman–Crippen MR) is 104 cm³/mol. The van der Waals surface area contributed by atoms with Crippen molar-refractivity contribution < 1.29 is 19.3 Å². The first-order chi connectivity index (χ1) is 13.5. The van der Waals surface area contributed by atoms with E-state index >= 15 is 0 Å². The van der Waals surface area contributed by atoms with Crippen LogP contribution >= 0.6 is 11.6 Å². The van der Waals surface area contributed by atoms with E-state index in [4.69, 9.17) is 21.2 Å². The molecule has 0 spiro atoms. The van der Waals surface area contributed by atoms with Gasteiger partial charge in [-0.3, -0.25) is 10.1 Å². The maximum absolute atomic E-state index is 11.8. The first-order valence-corrected chi connectivity index (χ1v) is 8.42. The quantitative estimate of drug-likeness (QED) is 0.246. The number of nitro benzene ring substituents is 1. The lowest BCUT2D eigenvalue weighted by Crippen LogP contribution is -2.00. The van der Waals surface area contributed by atoms with Crippen molar-refractivity contribution in [2.75, 3.05) is 0 Å². The lowest BCUT2D eigenvalue weighted by molar-refractivity contribution is -0.385. The van der Waals surface area contributed by atoms with Crippen LogP contribution in [0.2, 0.25) is 5.02 Å². The molecule has 0 bridgehead atoms. The fraction of sp³-hybridized carbons (Fsp3) is 0. The van der Waals surface area contributed by atoms with Crippen LogP contribution in [0.4, 0.5) is 5.69 Å². The molecule has 3 aromatic carbocycles. The van der Waals surface area contributed by atoms with Gasteiger partial charge in [-0.15, -0.1) is 0 Å². The molecule has 0 aliphatic carbocycles.